The van der Waals surface area contributed by atoms with Gasteiger partial charge < -0.3 is 9.64 Å². The summed E-state index contributed by atoms with van der Waals surface area (Å²) in [5, 5.41) is 0. The van der Waals surface area contributed by atoms with Gasteiger partial charge in [0.15, 0.2) is 5.78 Å². The Morgan fingerprint density at radius 3 is 2.19 bits per heavy atom. The minimum atomic E-state index is -4.17. The smallest absolute Gasteiger partial charge is 0.417 e. The first-order valence-electron chi connectivity index (χ1n) is 10.5. The van der Waals surface area contributed by atoms with Crippen LogP contribution in [0, 0.1) is 5.82 Å². The van der Waals surface area contributed by atoms with E-state index >= 15 is 0 Å². The molecule has 1 saturated heterocycles. The third-order valence-electron chi connectivity index (χ3n) is 5.46. The third kappa shape index (κ3) is 6.88. The van der Waals surface area contributed by atoms with Crippen LogP contribution >= 0.6 is 0 Å². The summed E-state index contributed by atoms with van der Waals surface area (Å²) in [5.41, 5.74) is 1.16. The molecule has 0 spiro atoms. The van der Waals surface area contributed by atoms with Gasteiger partial charge in [0, 0.05) is 32.0 Å². The predicted octanol–water partition coefficient (Wildman–Crippen LogP) is 5.50. The lowest BCUT2D eigenvalue weighted by atomic mass is 10.0. The van der Waals surface area contributed by atoms with Crippen LogP contribution in [0.25, 0.3) is 11.1 Å². The van der Waals surface area contributed by atoms with E-state index in [4.69, 9.17) is 4.74 Å². The molecular formula is C24H25F4NO3. The number of ketones is 1. The summed E-state index contributed by atoms with van der Waals surface area (Å²) in [6.45, 7) is 4.08. The van der Waals surface area contributed by atoms with Gasteiger partial charge in [-0.05, 0) is 73.3 Å². The number of esters is 1. The zero-order chi connectivity index (χ0) is 23.3. The van der Waals surface area contributed by atoms with E-state index in [1.807, 2.05) is 0 Å². The van der Waals surface area contributed by atoms with Gasteiger partial charge in [0.1, 0.15) is 11.9 Å². The largest absolute Gasteiger partial charge is 0.462 e. The van der Waals surface area contributed by atoms with Gasteiger partial charge >= 0.3 is 12.1 Å². The number of alkyl halides is 3. The van der Waals surface area contributed by atoms with Gasteiger partial charge in [0.2, 0.25) is 0 Å². The number of halogens is 4. The van der Waals surface area contributed by atoms with Crippen LogP contribution in [0.3, 0.4) is 0 Å². The first-order valence-corrected chi connectivity index (χ1v) is 10.5. The molecule has 0 radical (unpaired) electrons. The fraction of sp³-hybridized carbons (Fsp3) is 0.417. The number of carbonyl (C=O) groups excluding carboxylic acids is 2. The molecule has 0 N–H and O–H groups in total. The average molecular weight is 451 g/mol. The minimum absolute atomic E-state index is 0.0367. The van der Waals surface area contributed by atoms with Crippen molar-refractivity contribution in [2.24, 2.45) is 0 Å². The summed E-state index contributed by atoms with van der Waals surface area (Å²) < 4.78 is 53.7. The first-order chi connectivity index (χ1) is 15.1. The summed E-state index contributed by atoms with van der Waals surface area (Å²) in [5.74, 6) is -0.495. The van der Waals surface area contributed by atoms with E-state index in [1.54, 1.807) is 0 Å². The molecule has 1 aliphatic heterocycles. The highest BCUT2D eigenvalue weighted by molar-refractivity contribution is 5.95. The molecule has 2 aliphatic carbocycles. The zero-order valence-corrected chi connectivity index (χ0v) is 17.8. The topological polar surface area (TPSA) is 46.6 Å². The van der Waals surface area contributed by atoms with Crippen LogP contribution in [0.15, 0.2) is 42.5 Å². The predicted molar refractivity (Wildman–Crippen MR) is 112 cm³/mol. The summed E-state index contributed by atoms with van der Waals surface area (Å²) in [6, 6.07) is 9.82. The molecule has 8 heteroatoms. The molecule has 0 atom stereocenters. The fourth-order valence-electron chi connectivity index (χ4n) is 3.73. The van der Waals surface area contributed by atoms with Crippen LogP contribution in [0.5, 0.6) is 0 Å². The van der Waals surface area contributed by atoms with E-state index in [0.29, 0.717) is 17.5 Å². The minimum Gasteiger partial charge on any atom is -0.462 e. The highest BCUT2D eigenvalue weighted by atomic mass is 19.4. The van der Waals surface area contributed by atoms with Gasteiger partial charge in [-0.25, -0.2) is 4.39 Å². The van der Waals surface area contributed by atoms with Crippen LogP contribution < -0.4 is 0 Å². The number of benzene rings is 2. The molecule has 1 aromatic rings. The fourth-order valence-corrected chi connectivity index (χ4v) is 3.73. The van der Waals surface area contributed by atoms with Gasteiger partial charge in [0.05, 0.1) is 5.56 Å². The molecule has 1 heterocycles. The van der Waals surface area contributed by atoms with Crippen LogP contribution in [-0.2, 0) is 15.7 Å². The van der Waals surface area contributed by atoms with Gasteiger partial charge in [-0.2, -0.15) is 13.2 Å². The van der Waals surface area contributed by atoms with E-state index in [1.165, 1.54) is 43.3 Å². The monoisotopic (exact) mass is 451 g/mol. The number of rotatable bonds is 6. The van der Waals surface area contributed by atoms with Gasteiger partial charge in [-0.15, -0.1) is 0 Å². The number of hydrogen-bond acceptors (Lipinski definition) is 4. The number of likely N-dealkylation sites (tertiary alicyclic amines) is 1. The van der Waals surface area contributed by atoms with Crippen LogP contribution in [0.1, 0.15) is 48.5 Å². The molecule has 1 fully saturated rings. The van der Waals surface area contributed by atoms with Gasteiger partial charge in [-0.1, -0.05) is 6.07 Å². The van der Waals surface area contributed by atoms with E-state index in [0.717, 1.165) is 50.5 Å². The number of Topliss-reactive ketones (excluding diaryl/α,β-unsaturated/α-hetero) is 1. The molecule has 0 bridgehead atoms. The number of carbonyl (C=O) groups is 2. The molecule has 4 nitrogen and oxygen atoms in total. The highest BCUT2D eigenvalue weighted by Crippen LogP contribution is 2.45. The number of hydrogen-bond donors (Lipinski definition) is 0. The molecule has 0 saturated carbocycles. The molecule has 0 aromatic heterocycles. The lowest BCUT2D eigenvalue weighted by Gasteiger charge is -2.31. The Hall–Kier alpha value is -2.74. The summed E-state index contributed by atoms with van der Waals surface area (Å²) in [6.07, 6.45) is -1.17. The third-order valence-corrected chi connectivity index (χ3v) is 5.46. The Kier molecular flexibility index (Phi) is 7.66. The Morgan fingerprint density at radius 2 is 1.72 bits per heavy atom. The van der Waals surface area contributed by atoms with Crippen LogP contribution in [0.4, 0.5) is 17.6 Å². The molecule has 172 valence electrons. The summed E-state index contributed by atoms with van der Waals surface area (Å²) >= 11 is 0. The zero-order valence-electron chi connectivity index (χ0n) is 17.8. The second-order valence-electron chi connectivity index (χ2n) is 7.94. The van der Waals surface area contributed by atoms with Crippen molar-refractivity contribution in [1.29, 1.82) is 0 Å². The van der Waals surface area contributed by atoms with Crippen molar-refractivity contribution in [2.75, 3.05) is 19.6 Å². The lowest BCUT2D eigenvalue weighted by Crippen LogP contribution is -2.38. The maximum Gasteiger partial charge on any atom is 0.417 e. The van der Waals surface area contributed by atoms with Gasteiger partial charge in [-0.3, -0.25) is 9.59 Å². The molecule has 1 aromatic carbocycles. The van der Waals surface area contributed by atoms with Crippen molar-refractivity contribution >= 4 is 11.8 Å². The second-order valence-corrected chi connectivity index (χ2v) is 7.94. The van der Waals surface area contributed by atoms with Crippen molar-refractivity contribution < 1.29 is 31.9 Å². The van der Waals surface area contributed by atoms with Crippen LogP contribution in [-0.4, -0.2) is 42.4 Å². The molecule has 3 aliphatic rings. The number of nitrogens with zero attached hydrogens (tertiary/aromatic N) is 1. The SMILES string of the molecule is CC(=O)OC1CCN(CCCC(=O)c2ccc(F)cc2)CC1.FC(F)(F)c1ccc2cc1-2. The van der Waals surface area contributed by atoms with Crippen molar-refractivity contribution in [3.63, 3.8) is 0 Å². The van der Waals surface area contributed by atoms with Gasteiger partial charge in [0.25, 0.3) is 0 Å². The number of piperidine rings is 1. The van der Waals surface area contributed by atoms with E-state index in [-0.39, 0.29) is 23.7 Å². The highest BCUT2D eigenvalue weighted by Gasteiger charge is 2.37. The lowest BCUT2D eigenvalue weighted by molar-refractivity contribution is -0.148. The van der Waals surface area contributed by atoms with Crippen molar-refractivity contribution in [1.82, 2.24) is 4.90 Å². The normalized spacial score (nSPS) is 15.5. The van der Waals surface area contributed by atoms with Crippen LogP contribution in [0.2, 0.25) is 0 Å². The van der Waals surface area contributed by atoms with E-state index in [9.17, 15) is 27.2 Å². The standard InChI is InChI=1S/C17H22FNO3.C7H3F3/c1-13(20)22-16-8-11-19(12-9-16)10-2-3-17(21)14-4-6-15(18)7-5-14;8-7(9,10)6-2-1-4-3-5(4)6/h4-7,16H,2-3,8-12H2,1H3;1-3H. The first kappa shape index (κ1) is 23.9. The quantitative estimate of drug-likeness (QED) is 0.282. The Morgan fingerprint density at radius 1 is 1.06 bits per heavy atom. The maximum atomic E-state index is 12.8. The second kappa shape index (κ2) is 10.3. The molecule has 0 amide bonds. The molecule has 32 heavy (non-hydrogen) atoms. The van der Waals surface area contributed by atoms with Crippen molar-refractivity contribution in [3.05, 3.63) is 59.4 Å². The summed E-state index contributed by atoms with van der Waals surface area (Å²) in [4.78, 5) is 25.2. The van der Waals surface area contributed by atoms with Crippen molar-refractivity contribution in [2.45, 2.75) is 44.9 Å². The number of ether oxygens (including phenoxy) is 1. The Bertz CT molecular complexity index is 949. The van der Waals surface area contributed by atoms with E-state index in [2.05, 4.69) is 4.90 Å². The summed E-state index contributed by atoms with van der Waals surface area (Å²) in [7, 11) is 0. The maximum absolute atomic E-state index is 12.8. The van der Waals surface area contributed by atoms with E-state index < -0.39 is 11.7 Å². The molecule has 0 unspecified atom stereocenters. The Labute approximate surface area is 184 Å². The molecule has 4 rings (SSSR count). The Balaban J connectivity index is 0.000000238. The molecular weight excluding hydrogens is 426 g/mol. The average Bonchev–Trinajstić information content (AvgIpc) is 3.36. The van der Waals surface area contributed by atoms with Crippen molar-refractivity contribution in [3.8, 4) is 11.1 Å². The number of fused-ring (bicyclic) bond motifs is 1.